The van der Waals surface area contributed by atoms with Crippen LogP contribution >= 0.6 is 11.3 Å². The summed E-state index contributed by atoms with van der Waals surface area (Å²) in [5.41, 5.74) is 12.1. The number of rotatable bonds is 6. The summed E-state index contributed by atoms with van der Waals surface area (Å²) in [4.78, 5) is 2.40. The molecule has 254 valence electrons. The van der Waals surface area contributed by atoms with Crippen molar-refractivity contribution in [1.82, 2.24) is 4.57 Å². The van der Waals surface area contributed by atoms with Gasteiger partial charge in [0.2, 0.25) is 5.71 Å². The van der Waals surface area contributed by atoms with Gasteiger partial charge >= 0.3 is 0 Å². The number of benzene rings is 8. The number of aromatic nitrogens is 1. The third kappa shape index (κ3) is 4.88. The van der Waals surface area contributed by atoms with Crippen molar-refractivity contribution in [2.24, 2.45) is 0 Å². The first-order valence-electron chi connectivity index (χ1n) is 18.3. The quantitative estimate of drug-likeness (QED) is 0.171. The maximum Gasteiger partial charge on any atom is 0.213 e. The van der Waals surface area contributed by atoms with Crippen molar-refractivity contribution in [2.75, 3.05) is 4.90 Å². The van der Waals surface area contributed by atoms with Crippen LogP contribution in [0.25, 0.3) is 81.1 Å². The second-order valence-corrected chi connectivity index (χ2v) is 14.8. The van der Waals surface area contributed by atoms with Crippen molar-refractivity contribution >= 4 is 81.5 Å². The Morgan fingerprint density at radius 3 is 1.80 bits per heavy atom. The van der Waals surface area contributed by atoms with Crippen molar-refractivity contribution in [3.8, 4) is 27.9 Å². The summed E-state index contributed by atoms with van der Waals surface area (Å²) in [7, 11) is 0. The predicted molar refractivity (Wildman–Crippen MR) is 229 cm³/mol. The molecule has 11 aromatic rings. The summed E-state index contributed by atoms with van der Waals surface area (Å²) in [5, 5.41) is 6.03. The lowest BCUT2D eigenvalue weighted by atomic mass is 10.0. The normalized spacial score (nSPS) is 11.7. The van der Waals surface area contributed by atoms with Gasteiger partial charge in [0.1, 0.15) is 5.58 Å². The van der Waals surface area contributed by atoms with Gasteiger partial charge in [-0.2, -0.15) is 0 Å². The molecule has 0 radical (unpaired) electrons. The Morgan fingerprint density at radius 2 is 1.04 bits per heavy atom. The lowest BCUT2D eigenvalue weighted by Crippen LogP contribution is -2.10. The second-order valence-electron chi connectivity index (χ2n) is 13.7. The molecule has 3 aromatic heterocycles. The topological polar surface area (TPSA) is 21.3 Å². The molecule has 3 nitrogen and oxygen atoms in total. The molecule has 0 saturated carbocycles. The van der Waals surface area contributed by atoms with E-state index in [1.807, 2.05) is 17.4 Å². The van der Waals surface area contributed by atoms with Gasteiger partial charge in [0.05, 0.1) is 21.3 Å². The van der Waals surface area contributed by atoms with E-state index in [1.54, 1.807) is 0 Å². The Hall–Kier alpha value is -6.88. The van der Waals surface area contributed by atoms with Crippen molar-refractivity contribution < 1.29 is 4.42 Å². The minimum atomic E-state index is 0.870. The fourth-order valence-electron chi connectivity index (χ4n) is 8.08. The average molecular weight is 709 g/mol. The zero-order valence-electron chi connectivity index (χ0n) is 29.2. The molecule has 0 fully saturated rings. The first-order chi connectivity index (χ1) is 26.8. The summed E-state index contributed by atoms with van der Waals surface area (Å²) < 4.78 is 11.4. The monoisotopic (exact) mass is 708 g/mol. The zero-order chi connectivity index (χ0) is 35.6. The third-order valence-electron chi connectivity index (χ3n) is 10.6. The minimum Gasteiger partial charge on any atom is -0.439 e. The van der Waals surface area contributed by atoms with Gasteiger partial charge in [0.25, 0.3) is 0 Å². The van der Waals surface area contributed by atoms with Crippen LogP contribution in [-0.4, -0.2) is 4.57 Å². The fraction of sp³-hybridized carbons (Fsp3) is 0. The van der Waals surface area contributed by atoms with Crippen LogP contribution in [0.1, 0.15) is 0 Å². The Balaban J connectivity index is 1.04. The molecule has 3 heterocycles. The molecule has 0 unspecified atom stereocenters. The molecular formula is C50H32N2OS. The van der Waals surface area contributed by atoms with Gasteiger partial charge in [-0.15, -0.1) is 11.3 Å². The van der Waals surface area contributed by atoms with Crippen molar-refractivity contribution in [3.63, 3.8) is 0 Å². The molecular weight excluding hydrogens is 677 g/mol. The maximum absolute atomic E-state index is 6.61. The molecule has 8 aromatic carbocycles. The van der Waals surface area contributed by atoms with E-state index in [-0.39, 0.29) is 0 Å². The van der Waals surface area contributed by atoms with Crippen LogP contribution in [0.3, 0.4) is 0 Å². The van der Waals surface area contributed by atoms with Gasteiger partial charge in [-0.1, -0.05) is 127 Å². The fourth-order valence-corrected chi connectivity index (χ4v) is 9.28. The highest BCUT2D eigenvalue weighted by molar-refractivity contribution is 7.26. The van der Waals surface area contributed by atoms with Crippen molar-refractivity contribution in [1.29, 1.82) is 0 Å². The first-order valence-corrected chi connectivity index (χ1v) is 19.1. The smallest absolute Gasteiger partial charge is 0.213 e. The number of fused-ring (bicyclic) bond motifs is 8. The molecule has 0 aliphatic rings. The molecule has 0 bridgehead atoms. The predicted octanol–water partition coefficient (Wildman–Crippen LogP) is 14.7. The van der Waals surface area contributed by atoms with Gasteiger partial charge in [-0.05, 0) is 89.0 Å². The van der Waals surface area contributed by atoms with E-state index >= 15 is 0 Å². The lowest BCUT2D eigenvalue weighted by Gasteiger charge is -2.26. The van der Waals surface area contributed by atoms with Crippen molar-refractivity contribution in [2.45, 2.75) is 0 Å². The van der Waals surface area contributed by atoms with Crippen LogP contribution < -0.4 is 4.90 Å². The zero-order valence-corrected chi connectivity index (χ0v) is 30.0. The maximum atomic E-state index is 6.61. The van der Waals surface area contributed by atoms with Crippen LogP contribution in [-0.2, 0) is 0 Å². The van der Waals surface area contributed by atoms with E-state index in [0.717, 1.165) is 55.8 Å². The van der Waals surface area contributed by atoms with Gasteiger partial charge < -0.3 is 9.32 Å². The summed E-state index contributed by atoms with van der Waals surface area (Å²) in [6.45, 7) is 0. The molecule has 0 aliphatic carbocycles. The number of para-hydroxylation sites is 2. The highest BCUT2D eigenvalue weighted by Crippen LogP contribution is 2.46. The second kappa shape index (κ2) is 12.4. The summed E-state index contributed by atoms with van der Waals surface area (Å²) in [6, 6.07) is 69.5. The molecule has 0 spiro atoms. The number of thiophene rings is 1. The van der Waals surface area contributed by atoms with Gasteiger partial charge in [0, 0.05) is 43.3 Å². The molecule has 0 atom stereocenters. The third-order valence-corrected chi connectivity index (χ3v) is 11.8. The SMILES string of the molecule is c1ccc(-c2ccc(N(c3ccc(-c4ccc5oc6c(c5c4)c4ccccc4n6-c4ccccc4)cc3)c3cccc4c3sc3ccccc34)cc2)cc1. The summed E-state index contributed by atoms with van der Waals surface area (Å²) in [6.07, 6.45) is 0. The Kier molecular flexibility index (Phi) is 7.04. The van der Waals surface area contributed by atoms with Crippen LogP contribution in [0.15, 0.2) is 199 Å². The van der Waals surface area contributed by atoms with Crippen LogP contribution in [0.2, 0.25) is 0 Å². The summed E-state index contributed by atoms with van der Waals surface area (Å²) in [5.74, 6) is 0. The van der Waals surface area contributed by atoms with Crippen LogP contribution in [0, 0.1) is 0 Å². The number of anilines is 3. The molecule has 0 aliphatic heterocycles. The van der Waals surface area contributed by atoms with Gasteiger partial charge in [-0.3, -0.25) is 4.57 Å². The van der Waals surface area contributed by atoms with E-state index in [0.29, 0.717) is 0 Å². The minimum absolute atomic E-state index is 0.870. The number of nitrogens with zero attached hydrogens (tertiary/aromatic N) is 2. The average Bonchev–Trinajstić information content (AvgIpc) is 3.91. The van der Waals surface area contributed by atoms with Crippen molar-refractivity contribution in [3.05, 3.63) is 194 Å². The number of furan rings is 1. The van der Waals surface area contributed by atoms with E-state index in [1.165, 1.54) is 42.4 Å². The first kappa shape index (κ1) is 30.7. The Labute approximate surface area is 316 Å². The molecule has 0 saturated heterocycles. The van der Waals surface area contributed by atoms with Crippen LogP contribution in [0.4, 0.5) is 17.1 Å². The molecule has 54 heavy (non-hydrogen) atoms. The largest absolute Gasteiger partial charge is 0.439 e. The highest BCUT2D eigenvalue weighted by atomic mass is 32.1. The van der Waals surface area contributed by atoms with E-state index in [4.69, 9.17) is 4.42 Å². The molecule has 4 heteroatoms. The lowest BCUT2D eigenvalue weighted by molar-refractivity contribution is 0.645. The number of hydrogen-bond acceptors (Lipinski definition) is 3. The van der Waals surface area contributed by atoms with E-state index < -0.39 is 0 Å². The summed E-state index contributed by atoms with van der Waals surface area (Å²) >= 11 is 1.86. The molecule has 0 amide bonds. The van der Waals surface area contributed by atoms with Gasteiger partial charge in [-0.25, -0.2) is 0 Å². The highest BCUT2D eigenvalue weighted by Gasteiger charge is 2.21. The molecule has 0 N–H and O–H groups in total. The van der Waals surface area contributed by atoms with Crippen LogP contribution in [0.5, 0.6) is 0 Å². The number of hydrogen-bond donors (Lipinski definition) is 0. The Morgan fingerprint density at radius 1 is 0.444 bits per heavy atom. The molecule has 11 rings (SSSR count). The van der Waals surface area contributed by atoms with Gasteiger partial charge in [0.15, 0.2) is 0 Å². The van der Waals surface area contributed by atoms with E-state index in [9.17, 15) is 0 Å². The standard InChI is InChI=1S/C50H32N2OS/c1-3-12-33(13-4-1)34-22-27-38(28-23-34)51(45-20-11-18-41-40-16-8-10-21-47(40)54-49(41)45)39-29-24-35(25-30-39)36-26-31-46-43(32-36)48-42-17-7-9-19-44(42)52(50(48)53-46)37-14-5-2-6-15-37/h1-32H. The van der Waals surface area contributed by atoms with E-state index in [2.05, 4.69) is 198 Å². The Bertz CT molecular complexity index is 3140.